The summed E-state index contributed by atoms with van der Waals surface area (Å²) in [5.41, 5.74) is 19.2. The van der Waals surface area contributed by atoms with E-state index in [1.807, 2.05) is 6.07 Å². The molecule has 0 N–H and O–H groups in total. The van der Waals surface area contributed by atoms with Crippen molar-refractivity contribution in [1.82, 2.24) is 0 Å². The number of anilines is 6. The van der Waals surface area contributed by atoms with Crippen LogP contribution in [0.2, 0.25) is 0 Å². The fourth-order valence-corrected chi connectivity index (χ4v) is 9.70. The van der Waals surface area contributed by atoms with Crippen molar-refractivity contribution in [3.63, 3.8) is 0 Å². The second-order valence-corrected chi connectivity index (χ2v) is 18.7. The predicted molar refractivity (Wildman–Crippen MR) is 253 cm³/mol. The molecule has 4 heteroatoms. The fraction of sp³-hybridized carbons (Fsp3) is 0.164. The number of hydrogen-bond donors (Lipinski definition) is 0. The van der Waals surface area contributed by atoms with Crippen molar-refractivity contribution in [3.8, 4) is 11.1 Å². The Morgan fingerprint density at radius 3 is 1.88 bits per heavy atom. The molecule has 3 heterocycles. The fourth-order valence-electron chi connectivity index (χ4n) is 9.70. The van der Waals surface area contributed by atoms with Crippen molar-refractivity contribution in [3.05, 3.63) is 174 Å². The van der Waals surface area contributed by atoms with Gasteiger partial charge in [0, 0.05) is 50.5 Å². The number of para-hydroxylation sites is 2. The minimum absolute atomic E-state index is 0.00903. The number of aryl methyl sites for hydroxylation is 1. The molecular weight excluding hydrogens is 715 g/mol. The van der Waals surface area contributed by atoms with Gasteiger partial charge in [-0.3, -0.25) is 0 Å². The Morgan fingerprint density at radius 1 is 0.475 bits per heavy atom. The molecule has 0 fully saturated rings. The lowest BCUT2D eigenvalue weighted by Gasteiger charge is -2.45. The maximum absolute atomic E-state index is 6.48. The third kappa shape index (κ3) is 5.57. The molecule has 2 aliphatic rings. The molecule has 0 amide bonds. The van der Waals surface area contributed by atoms with Crippen molar-refractivity contribution in [2.45, 2.75) is 59.3 Å². The zero-order valence-electron chi connectivity index (χ0n) is 34.9. The minimum atomic E-state index is -0.0136. The Balaban J connectivity index is 1.15. The average Bonchev–Trinajstić information content (AvgIpc) is 3.61. The number of benzene rings is 8. The van der Waals surface area contributed by atoms with Gasteiger partial charge in [-0.15, -0.1) is 0 Å². The Kier molecular flexibility index (Phi) is 7.69. The molecule has 0 atom stereocenters. The molecule has 11 rings (SSSR count). The van der Waals surface area contributed by atoms with Crippen LogP contribution < -0.4 is 26.2 Å². The molecule has 8 aromatic carbocycles. The lowest BCUT2D eigenvalue weighted by Crippen LogP contribution is -2.61. The number of rotatable bonds is 3. The van der Waals surface area contributed by atoms with Gasteiger partial charge in [-0.2, -0.15) is 0 Å². The standard InChI is InChI=1S/C55H47BN2O/c1-34-29-49-52-50(30-34)58(41-26-19-35-13-8-9-14-37(35)31-41)48-33-39(55(5,6)7)22-27-45(48)56(52)46-32-38(54(2,3)4)23-28-47(46)57(49)40-24-20-36(21-25-40)42-16-12-17-44-43-15-10-11-18-51(43)59-53(42)44/h8-33H,1-7H3. The maximum Gasteiger partial charge on any atom is 0.252 e. The van der Waals surface area contributed by atoms with Crippen LogP contribution in [0.15, 0.2) is 162 Å². The van der Waals surface area contributed by atoms with Crippen LogP contribution in [0.4, 0.5) is 34.1 Å². The molecule has 0 bridgehead atoms. The molecule has 0 unspecified atom stereocenters. The van der Waals surface area contributed by atoms with Gasteiger partial charge in [-0.05, 0) is 122 Å². The van der Waals surface area contributed by atoms with Gasteiger partial charge < -0.3 is 14.2 Å². The summed E-state index contributed by atoms with van der Waals surface area (Å²) < 4.78 is 6.48. The largest absolute Gasteiger partial charge is 0.455 e. The monoisotopic (exact) mass is 762 g/mol. The van der Waals surface area contributed by atoms with Crippen LogP contribution in [-0.4, -0.2) is 6.71 Å². The summed E-state index contributed by atoms with van der Waals surface area (Å²) in [5, 5.41) is 4.77. The van der Waals surface area contributed by atoms with Crippen molar-refractivity contribution >= 4 is 89.9 Å². The van der Waals surface area contributed by atoms with Crippen molar-refractivity contribution in [1.29, 1.82) is 0 Å². The molecule has 2 aliphatic heterocycles. The van der Waals surface area contributed by atoms with Gasteiger partial charge in [0.1, 0.15) is 11.2 Å². The van der Waals surface area contributed by atoms with Crippen LogP contribution in [0.25, 0.3) is 43.8 Å². The van der Waals surface area contributed by atoms with Gasteiger partial charge in [0.05, 0.1) is 0 Å². The summed E-state index contributed by atoms with van der Waals surface area (Å²) in [6.07, 6.45) is 0. The van der Waals surface area contributed by atoms with Crippen LogP contribution in [0.3, 0.4) is 0 Å². The molecule has 0 spiro atoms. The molecule has 9 aromatic rings. The number of hydrogen-bond acceptors (Lipinski definition) is 3. The van der Waals surface area contributed by atoms with E-state index in [2.05, 4.69) is 210 Å². The average molecular weight is 763 g/mol. The lowest BCUT2D eigenvalue weighted by atomic mass is 9.33. The second kappa shape index (κ2) is 12.7. The Bertz CT molecular complexity index is 3160. The van der Waals surface area contributed by atoms with Crippen LogP contribution in [-0.2, 0) is 10.8 Å². The predicted octanol–water partition coefficient (Wildman–Crippen LogP) is 13.4. The topological polar surface area (TPSA) is 19.6 Å². The Hall–Kier alpha value is -6.52. The smallest absolute Gasteiger partial charge is 0.252 e. The first kappa shape index (κ1) is 35.6. The maximum atomic E-state index is 6.48. The summed E-state index contributed by atoms with van der Waals surface area (Å²) in [6, 6.07) is 58.9. The summed E-state index contributed by atoms with van der Waals surface area (Å²) >= 11 is 0. The summed E-state index contributed by atoms with van der Waals surface area (Å²) in [6.45, 7) is 16.2. The zero-order chi connectivity index (χ0) is 40.4. The first-order valence-corrected chi connectivity index (χ1v) is 21.0. The molecule has 0 radical (unpaired) electrons. The van der Waals surface area contributed by atoms with Gasteiger partial charge in [-0.1, -0.05) is 145 Å². The normalized spacial score (nSPS) is 13.6. The van der Waals surface area contributed by atoms with Gasteiger partial charge in [0.25, 0.3) is 6.71 Å². The molecule has 0 aliphatic carbocycles. The highest BCUT2D eigenvalue weighted by atomic mass is 16.3. The molecule has 0 saturated carbocycles. The first-order valence-electron chi connectivity index (χ1n) is 21.0. The number of fused-ring (bicyclic) bond motifs is 8. The highest BCUT2D eigenvalue weighted by molar-refractivity contribution is 7.00. The van der Waals surface area contributed by atoms with Gasteiger partial charge in [0.15, 0.2) is 0 Å². The van der Waals surface area contributed by atoms with E-state index in [9.17, 15) is 0 Å². The third-order valence-corrected chi connectivity index (χ3v) is 12.8. The SMILES string of the molecule is Cc1cc2c3c(c1)N(c1ccc4ccccc4c1)c1cc(C(C)(C)C)ccc1B3c1cc(C(C)(C)C)ccc1N2c1ccc(-c2cccc3c2oc2ccccc23)cc1. The van der Waals surface area contributed by atoms with E-state index >= 15 is 0 Å². The molecule has 59 heavy (non-hydrogen) atoms. The van der Waals surface area contributed by atoms with E-state index in [1.165, 1.54) is 72.3 Å². The van der Waals surface area contributed by atoms with E-state index < -0.39 is 0 Å². The molecule has 3 nitrogen and oxygen atoms in total. The van der Waals surface area contributed by atoms with E-state index in [0.717, 1.165) is 38.8 Å². The summed E-state index contributed by atoms with van der Waals surface area (Å²) in [7, 11) is 0. The third-order valence-electron chi connectivity index (χ3n) is 12.8. The van der Waals surface area contributed by atoms with Crippen LogP contribution in [0.5, 0.6) is 0 Å². The van der Waals surface area contributed by atoms with E-state index in [1.54, 1.807) is 0 Å². The van der Waals surface area contributed by atoms with Crippen LogP contribution in [0, 0.1) is 6.92 Å². The Morgan fingerprint density at radius 2 is 1.12 bits per heavy atom. The first-order chi connectivity index (χ1) is 28.4. The highest BCUT2D eigenvalue weighted by Crippen LogP contribution is 2.47. The van der Waals surface area contributed by atoms with Gasteiger partial charge in [0.2, 0.25) is 0 Å². The summed E-state index contributed by atoms with van der Waals surface area (Å²) in [4.78, 5) is 5.07. The van der Waals surface area contributed by atoms with E-state index in [-0.39, 0.29) is 17.5 Å². The number of nitrogens with zero attached hydrogens (tertiary/aromatic N) is 2. The molecule has 1 aromatic heterocycles. The van der Waals surface area contributed by atoms with Crippen LogP contribution >= 0.6 is 0 Å². The second-order valence-electron chi connectivity index (χ2n) is 18.7. The molecule has 286 valence electrons. The zero-order valence-corrected chi connectivity index (χ0v) is 34.9. The molecule has 0 saturated heterocycles. The van der Waals surface area contributed by atoms with E-state index in [4.69, 9.17) is 4.42 Å². The Labute approximate surface area is 347 Å². The van der Waals surface area contributed by atoms with Gasteiger partial charge >= 0.3 is 0 Å². The minimum Gasteiger partial charge on any atom is -0.455 e. The van der Waals surface area contributed by atoms with Crippen molar-refractivity contribution in [2.75, 3.05) is 9.80 Å². The van der Waals surface area contributed by atoms with E-state index in [0.29, 0.717) is 0 Å². The quantitative estimate of drug-likeness (QED) is 0.167. The lowest BCUT2D eigenvalue weighted by molar-refractivity contribution is 0.590. The van der Waals surface area contributed by atoms with Crippen molar-refractivity contribution in [2.24, 2.45) is 0 Å². The highest BCUT2D eigenvalue weighted by Gasteiger charge is 2.44. The van der Waals surface area contributed by atoms with Gasteiger partial charge in [-0.25, -0.2) is 0 Å². The van der Waals surface area contributed by atoms with Crippen molar-refractivity contribution < 1.29 is 4.42 Å². The summed E-state index contributed by atoms with van der Waals surface area (Å²) in [5.74, 6) is 0. The molecular formula is C55H47BN2O. The van der Waals surface area contributed by atoms with Crippen LogP contribution in [0.1, 0.15) is 58.2 Å². The number of furan rings is 1.